The summed E-state index contributed by atoms with van der Waals surface area (Å²) in [6, 6.07) is 0. The van der Waals surface area contributed by atoms with E-state index >= 15 is 0 Å². The molecule has 0 aliphatic carbocycles. The molecule has 0 N–H and O–H groups in total. The Bertz CT molecular complexity index is 93.7. The summed E-state index contributed by atoms with van der Waals surface area (Å²) >= 11 is 0. The molecule has 2 nitrogen and oxygen atoms in total. The van der Waals surface area contributed by atoms with Gasteiger partial charge in [0.1, 0.15) is 0 Å². The smallest absolute Gasteiger partial charge is 0.331 e. The molecule has 6 heavy (non-hydrogen) atoms. The Morgan fingerprint density at radius 2 is 2.50 bits per heavy atom. The molecule has 0 unspecified atom stereocenters. The highest BCUT2D eigenvalue weighted by Crippen LogP contribution is 1.95. The van der Waals surface area contributed by atoms with Gasteiger partial charge in [0.25, 0.3) is 0 Å². The van der Waals surface area contributed by atoms with Crippen LogP contribution in [0.3, 0.4) is 0 Å². The van der Waals surface area contributed by atoms with E-state index in [0.717, 1.165) is 0 Å². The molecule has 1 aliphatic rings. The van der Waals surface area contributed by atoms with Gasteiger partial charge in [0.2, 0.25) is 0 Å². The zero-order valence-electron chi connectivity index (χ0n) is 3.05. The maximum atomic E-state index is 9.90. The summed E-state index contributed by atoms with van der Waals surface area (Å²) in [6.07, 6.45) is 2.92. The van der Waals surface area contributed by atoms with E-state index in [1.165, 1.54) is 12.7 Å². The molecule has 1 radical (unpaired) electrons. The highest BCUT2D eigenvalue weighted by molar-refractivity contribution is 5.84. The van der Waals surface area contributed by atoms with Crippen molar-refractivity contribution in [1.29, 1.82) is 0 Å². The normalized spacial score (nSPS) is 18.3. The van der Waals surface area contributed by atoms with Gasteiger partial charge in [-0.1, -0.05) is 0 Å². The van der Waals surface area contributed by atoms with Gasteiger partial charge in [-0.05, 0) is 6.08 Å². The van der Waals surface area contributed by atoms with Crippen molar-refractivity contribution in [3.05, 3.63) is 18.8 Å². The average Bonchev–Trinajstić information content (AvgIpc) is 1.86. The fraction of sp³-hybridized carbons (Fsp3) is 0. The predicted molar refractivity (Wildman–Crippen MR) is 19.5 cm³/mol. The van der Waals surface area contributed by atoms with Crippen LogP contribution in [0.5, 0.6) is 0 Å². The molecular formula is C4H3O2. The second kappa shape index (κ2) is 1.12. The summed E-state index contributed by atoms with van der Waals surface area (Å²) in [6.45, 7) is 1.35. The van der Waals surface area contributed by atoms with Gasteiger partial charge in [0.05, 0.1) is 0 Å². The minimum absolute atomic E-state index is 0.282. The Hall–Kier alpha value is -0.790. The van der Waals surface area contributed by atoms with Crippen LogP contribution in [0, 0.1) is 6.61 Å². The van der Waals surface area contributed by atoms with Gasteiger partial charge in [-0.3, -0.25) is 0 Å². The van der Waals surface area contributed by atoms with Crippen LogP contribution in [0.2, 0.25) is 0 Å². The molecular weight excluding hydrogens is 80.0 g/mol. The molecule has 0 spiro atoms. The minimum Gasteiger partial charge on any atom is -0.451 e. The lowest BCUT2D eigenvalue weighted by atomic mass is 10.6. The molecule has 1 aliphatic heterocycles. The van der Waals surface area contributed by atoms with Crippen LogP contribution in [0.1, 0.15) is 0 Å². The van der Waals surface area contributed by atoms with E-state index in [1.54, 1.807) is 6.08 Å². The number of hydrogen-bond donors (Lipinski definition) is 0. The molecule has 1 rings (SSSR count). The van der Waals surface area contributed by atoms with Gasteiger partial charge in [-0.25, -0.2) is 4.79 Å². The SMILES string of the molecule is O=C1C=C[CH]O1. The third-order valence-corrected chi connectivity index (χ3v) is 0.495. The molecule has 0 aromatic carbocycles. The lowest BCUT2D eigenvalue weighted by molar-refractivity contribution is -0.132. The van der Waals surface area contributed by atoms with Crippen molar-refractivity contribution in [3.8, 4) is 0 Å². The van der Waals surface area contributed by atoms with Crippen molar-refractivity contribution in [3.63, 3.8) is 0 Å². The molecule has 0 fully saturated rings. The van der Waals surface area contributed by atoms with Crippen LogP contribution in [0.15, 0.2) is 12.2 Å². The number of carbonyl (C=O) groups is 1. The van der Waals surface area contributed by atoms with Crippen LogP contribution in [-0.2, 0) is 9.53 Å². The standard InChI is InChI=1S/C4H3O2/c5-4-2-1-3-6-4/h1-3H. The average molecular weight is 83.1 g/mol. The number of rotatable bonds is 0. The fourth-order valence-corrected chi connectivity index (χ4v) is 0.263. The topological polar surface area (TPSA) is 26.3 Å². The first-order chi connectivity index (χ1) is 2.89. The highest BCUT2D eigenvalue weighted by Gasteiger charge is 1.99. The van der Waals surface area contributed by atoms with E-state index < -0.39 is 0 Å². The van der Waals surface area contributed by atoms with Gasteiger partial charge in [0.15, 0.2) is 6.61 Å². The van der Waals surface area contributed by atoms with E-state index in [4.69, 9.17) is 0 Å². The first kappa shape index (κ1) is 3.40. The van der Waals surface area contributed by atoms with E-state index in [9.17, 15) is 4.79 Å². The maximum Gasteiger partial charge on any atom is 0.331 e. The zero-order chi connectivity index (χ0) is 4.41. The Balaban J connectivity index is 2.59. The number of carbonyl (C=O) groups excluding carboxylic acids is 1. The summed E-state index contributed by atoms with van der Waals surface area (Å²) in [5, 5.41) is 0. The van der Waals surface area contributed by atoms with Gasteiger partial charge >= 0.3 is 5.97 Å². The van der Waals surface area contributed by atoms with Crippen molar-refractivity contribution in [1.82, 2.24) is 0 Å². The van der Waals surface area contributed by atoms with E-state index in [0.29, 0.717) is 0 Å². The van der Waals surface area contributed by atoms with Crippen LogP contribution < -0.4 is 0 Å². The monoisotopic (exact) mass is 83.0 g/mol. The third kappa shape index (κ3) is 0.407. The molecule has 0 saturated heterocycles. The second-order valence-corrected chi connectivity index (χ2v) is 0.932. The lowest BCUT2D eigenvalue weighted by Gasteiger charge is -1.80. The van der Waals surface area contributed by atoms with E-state index in [1.807, 2.05) is 0 Å². The molecule has 0 bridgehead atoms. The van der Waals surface area contributed by atoms with E-state index in [-0.39, 0.29) is 5.97 Å². The van der Waals surface area contributed by atoms with Crippen molar-refractivity contribution in [2.45, 2.75) is 0 Å². The minimum atomic E-state index is -0.282. The molecule has 0 atom stereocenters. The van der Waals surface area contributed by atoms with Crippen molar-refractivity contribution >= 4 is 5.97 Å². The third-order valence-electron chi connectivity index (χ3n) is 0.495. The van der Waals surface area contributed by atoms with Gasteiger partial charge in [-0.15, -0.1) is 0 Å². The summed E-state index contributed by atoms with van der Waals surface area (Å²) in [5.41, 5.74) is 0. The van der Waals surface area contributed by atoms with Crippen molar-refractivity contribution in [2.75, 3.05) is 0 Å². The first-order valence-corrected chi connectivity index (χ1v) is 1.60. The highest BCUT2D eigenvalue weighted by atomic mass is 16.5. The Morgan fingerprint density at radius 3 is 2.67 bits per heavy atom. The molecule has 0 amide bonds. The van der Waals surface area contributed by atoms with Gasteiger partial charge < -0.3 is 4.74 Å². The predicted octanol–water partition coefficient (Wildman–Crippen LogP) is 0.261. The first-order valence-electron chi connectivity index (χ1n) is 1.60. The largest absolute Gasteiger partial charge is 0.451 e. The number of cyclic esters (lactones) is 1. The van der Waals surface area contributed by atoms with Crippen molar-refractivity contribution in [2.24, 2.45) is 0 Å². The summed E-state index contributed by atoms with van der Waals surface area (Å²) < 4.78 is 4.28. The number of ether oxygens (including phenoxy) is 1. The lowest BCUT2D eigenvalue weighted by Crippen LogP contribution is -1.86. The second-order valence-electron chi connectivity index (χ2n) is 0.932. The molecule has 1 heterocycles. The van der Waals surface area contributed by atoms with Crippen LogP contribution in [0.4, 0.5) is 0 Å². The molecule has 0 saturated carbocycles. The Kier molecular flexibility index (Phi) is 0.638. The Labute approximate surface area is 35.4 Å². The zero-order valence-corrected chi connectivity index (χ0v) is 3.05. The fourth-order valence-electron chi connectivity index (χ4n) is 0.263. The maximum absolute atomic E-state index is 9.90. The summed E-state index contributed by atoms with van der Waals surface area (Å²) in [7, 11) is 0. The Morgan fingerprint density at radius 1 is 1.67 bits per heavy atom. The van der Waals surface area contributed by atoms with Gasteiger partial charge in [-0.2, -0.15) is 0 Å². The van der Waals surface area contributed by atoms with Gasteiger partial charge in [0, 0.05) is 6.08 Å². The van der Waals surface area contributed by atoms with E-state index in [2.05, 4.69) is 4.74 Å². The van der Waals surface area contributed by atoms with Crippen LogP contribution in [-0.4, -0.2) is 5.97 Å². The summed E-state index contributed by atoms with van der Waals surface area (Å²) in [4.78, 5) is 9.90. The molecule has 2 heteroatoms. The number of esters is 1. The molecule has 0 aromatic heterocycles. The number of hydrogen-bond acceptors (Lipinski definition) is 2. The molecule has 31 valence electrons. The van der Waals surface area contributed by atoms with Crippen LogP contribution in [0.25, 0.3) is 0 Å². The van der Waals surface area contributed by atoms with Crippen molar-refractivity contribution < 1.29 is 9.53 Å². The quantitative estimate of drug-likeness (QED) is 0.393. The molecule has 0 aromatic rings. The summed E-state index contributed by atoms with van der Waals surface area (Å²) in [5.74, 6) is -0.282. The van der Waals surface area contributed by atoms with Crippen LogP contribution >= 0.6 is 0 Å².